The zero-order valence-electron chi connectivity index (χ0n) is 7.42. The van der Waals surface area contributed by atoms with Gasteiger partial charge in [0.15, 0.2) is 0 Å². The van der Waals surface area contributed by atoms with Gasteiger partial charge in [0.25, 0.3) is 0 Å². The second-order valence-electron chi connectivity index (χ2n) is 2.79. The SMILES string of the molecule is Cc1cc(/C=C/C(=O)O)c(Cl)cc1Br. The molecular formula is C10H8BrClO2. The average molecular weight is 276 g/mol. The number of aryl methyl sites for hydroxylation is 1. The van der Waals surface area contributed by atoms with Gasteiger partial charge >= 0.3 is 5.97 Å². The largest absolute Gasteiger partial charge is 0.478 e. The molecule has 1 N–H and O–H groups in total. The van der Waals surface area contributed by atoms with Crippen molar-refractivity contribution in [2.75, 3.05) is 0 Å². The molecule has 0 aliphatic carbocycles. The van der Waals surface area contributed by atoms with E-state index in [2.05, 4.69) is 15.9 Å². The first-order valence-corrected chi connectivity index (χ1v) is 5.04. The molecule has 2 nitrogen and oxygen atoms in total. The van der Waals surface area contributed by atoms with E-state index in [4.69, 9.17) is 16.7 Å². The van der Waals surface area contributed by atoms with Gasteiger partial charge in [-0.15, -0.1) is 0 Å². The molecule has 0 fully saturated rings. The van der Waals surface area contributed by atoms with Gasteiger partial charge < -0.3 is 5.11 Å². The first-order valence-electron chi connectivity index (χ1n) is 3.87. The smallest absolute Gasteiger partial charge is 0.328 e. The second-order valence-corrected chi connectivity index (χ2v) is 4.06. The van der Waals surface area contributed by atoms with E-state index < -0.39 is 5.97 Å². The van der Waals surface area contributed by atoms with Gasteiger partial charge in [-0.1, -0.05) is 27.5 Å². The third-order valence-electron chi connectivity index (χ3n) is 1.68. The summed E-state index contributed by atoms with van der Waals surface area (Å²) in [5.41, 5.74) is 1.72. The number of carbonyl (C=O) groups is 1. The van der Waals surface area contributed by atoms with Crippen LogP contribution in [-0.2, 0) is 4.79 Å². The first-order chi connectivity index (χ1) is 6.50. The molecular weight excluding hydrogens is 267 g/mol. The van der Waals surface area contributed by atoms with Crippen molar-refractivity contribution in [2.24, 2.45) is 0 Å². The lowest BCUT2D eigenvalue weighted by atomic mass is 10.1. The van der Waals surface area contributed by atoms with E-state index in [1.54, 1.807) is 6.07 Å². The monoisotopic (exact) mass is 274 g/mol. The predicted molar refractivity (Wildman–Crippen MR) is 60.6 cm³/mol. The quantitative estimate of drug-likeness (QED) is 0.839. The first kappa shape index (κ1) is 11.3. The number of hydrogen-bond acceptors (Lipinski definition) is 1. The van der Waals surface area contributed by atoms with Crippen LogP contribution in [0.2, 0.25) is 5.02 Å². The van der Waals surface area contributed by atoms with Crippen molar-refractivity contribution in [3.8, 4) is 0 Å². The molecule has 0 spiro atoms. The van der Waals surface area contributed by atoms with Gasteiger partial charge in [-0.25, -0.2) is 4.79 Å². The summed E-state index contributed by atoms with van der Waals surface area (Å²) in [5.74, 6) is -0.985. The molecule has 74 valence electrons. The van der Waals surface area contributed by atoms with Gasteiger partial charge in [-0.3, -0.25) is 0 Å². The molecule has 0 unspecified atom stereocenters. The summed E-state index contributed by atoms with van der Waals surface area (Å²) < 4.78 is 0.912. The molecule has 0 amide bonds. The number of hydrogen-bond donors (Lipinski definition) is 1. The zero-order valence-corrected chi connectivity index (χ0v) is 9.76. The van der Waals surface area contributed by atoms with E-state index in [-0.39, 0.29) is 0 Å². The zero-order chi connectivity index (χ0) is 10.7. The van der Waals surface area contributed by atoms with Gasteiger partial charge in [-0.05, 0) is 36.3 Å². The molecule has 1 rings (SSSR count). The highest BCUT2D eigenvalue weighted by Gasteiger charge is 2.01. The van der Waals surface area contributed by atoms with E-state index in [0.29, 0.717) is 10.6 Å². The van der Waals surface area contributed by atoms with Gasteiger partial charge in [0.1, 0.15) is 0 Å². The summed E-state index contributed by atoms with van der Waals surface area (Å²) in [6.07, 6.45) is 2.54. The normalized spacial score (nSPS) is 10.8. The van der Waals surface area contributed by atoms with Crippen molar-refractivity contribution in [1.29, 1.82) is 0 Å². The number of halogens is 2. The highest BCUT2D eigenvalue weighted by Crippen LogP contribution is 2.25. The second kappa shape index (κ2) is 4.62. The number of carboxylic acids is 1. The molecule has 0 aliphatic heterocycles. The minimum absolute atomic E-state index is 0.528. The van der Waals surface area contributed by atoms with Gasteiger partial charge in [0.2, 0.25) is 0 Å². The van der Waals surface area contributed by atoms with E-state index in [0.717, 1.165) is 16.1 Å². The Labute approximate surface area is 95.3 Å². The summed E-state index contributed by atoms with van der Waals surface area (Å²) in [6.45, 7) is 1.92. The van der Waals surface area contributed by atoms with Crippen LogP contribution < -0.4 is 0 Å². The summed E-state index contributed by atoms with van der Waals surface area (Å²) in [5, 5.41) is 8.98. The standard InChI is InChI=1S/C10H8BrClO2/c1-6-4-7(2-3-10(13)14)9(12)5-8(6)11/h2-5H,1H3,(H,13,14)/b3-2+. The molecule has 0 aromatic heterocycles. The fraction of sp³-hybridized carbons (Fsp3) is 0.100. The van der Waals surface area contributed by atoms with Crippen LogP contribution in [0.1, 0.15) is 11.1 Å². The molecule has 0 radical (unpaired) electrons. The molecule has 0 saturated heterocycles. The van der Waals surface area contributed by atoms with Gasteiger partial charge in [0, 0.05) is 15.6 Å². The Morgan fingerprint density at radius 1 is 1.57 bits per heavy atom. The summed E-state index contributed by atoms with van der Waals surface area (Å²) in [7, 11) is 0. The third-order valence-corrected chi connectivity index (χ3v) is 2.87. The molecule has 1 aromatic rings. The minimum atomic E-state index is -0.985. The molecule has 0 aliphatic rings. The third kappa shape index (κ3) is 2.86. The Bertz CT molecular complexity index is 399. The molecule has 0 saturated carbocycles. The lowest BCUT2D eigenvalue weighted by Gasteiger charge is -2.02. The van der Waals surface area contributed by atoms with Gasteiger partial charge in [0.05, 0.1) is 0 Å². The van der Waals surface area contributed by atoms with Crippen LogP contribution in [0.3, 0.4) is 0 Å². The number of rotatable bonds is 2. The predicted octanol–water partition coefficient (Wildman–Crippen LogP) is 3.51. The Hall–Kier alpha value is -0.800. The van der Waals surface area contributed by atoms with Crippen molar-refractivity contribution in [3.05, 3.63) is 38.8 Å². The summed E-state index contributed by atoms with van der Waals surface area (Å²) >= 11 is 9.25. The molecule has 0 atom stereocenters. The Morgan fingerprint density at radius 3 is 2.79 bits per heavy atom. The molecule has 1 aromatic carbocycles. The van der Waals surface area contributed by atoms with Crippen molar-refractivity contribution in [2.45, 2.75) is 6.92 Å². The van der Waals surface area contributed by atoms with Crippen LogP contribution in [0.5, 0.6) is 0 Å². The minimum Gasteiger partial charge on any atom is -0.478 e. The Kier molecular flexibility index (Phi) is 3.72. The molecule has 4 heteroatoms. The number of carboxylic acid groups (broad SMARTS) is 1. The van der Waals surface area contributed by atoms with Crippen LogP contribution in [-0.4, -0.2) is 11.1 Å². The lowest BCUT2D eigenvalue weighted by molar-refractivity contribution is -0.131. The van der Waals surface area contributed by atoms with Gasteiger partial charge in [-0.2, -0.15) is 0 Å². The van der Waals surface area contributed by atoms with Crippen LogP contribution in [0.15, 0.2) is 22.7 Å². The van der Waals surface area contributed by atoms with Crippen molar-refractivity contribution < 1.29 is 9.90 Å². The maximum atomic E-state index is 10.3. The number of aliphatic carboxylic acids is 1. The van der Waals surface area contributed by atoms with Crippen LogP contribution in [0, 0.1) is 6.92 Å². The van der Waals surface area contributed by atoms with E-state index in [1.165, 1.54) is 6.08 Å². The lowest BCUT2D eigenvalue weighted by Crippen LogP contribution is -1.87. The van der Waals surface area contributed by atoms with E-state index in [1.807, 2.05) is 13.0 Å². The Morgan fingerprint density at radius 2 is 2.21 bits per heavy atom. The Balaban J connectivity index is 3.10. The van der Waals surface area contributed by atoms with E-state index in [9.17, 15) is 4.79 Å². The highest BCUT2D eigenvalue weighted by atomic mass is 79.9. The maximum Gasteiger partial charge on any atom is 0.328 e. The fourth-order valence-electron chi connectivity index (χ4n) is 0.968. The van der Waals surface area contributed by atoms with Crippen LogP contribution in [0.4, 0.5) is 0 Å². The van der Waals surface area contributed by atoms with Crippen molar-refractivity contribution >= 4 is 39.6 Å². The maximum absolute atomic E-state index is 10.3. The molecule has 0 bridgehead atoms. The highest BCUT2D eigenvalue weighted by molar-refractivity contribution is 9.10. The summed E-state index contributed by atoms with van der Waals surface area (Å²) in [4.78, 5) is 10.3. The van der Waals surface area contributed by atoms with Crippen LogP contribution in [0.25, 0.3) is 6.08 Å². The molecule has 0 heterocycles. The average Bonchev–Trinajstić information content (AvgIpc) is 2.09. The topological polar surface area (TPSA) is 37.3 Å². The summed E-state index contributed by atoms with van der Waals surface area (Å²) in [6, 6.07) is 3.57. The van der Waals surface area contributed by atoms with Crippen molar-refractivity contribution in [1.82, 2.24) is 0 Å². The fourth-order valence-corrected chi connectivity index (χ4v) is 1.67. The van der Waals surface area contributed by atoms with Crippen LogP contribution >= 0.6 is 27.5 Å². The number of benzene rings is 1. The van der Waals surface area contributed by atoms with E-state index >= 15 is 0 Å². The molecule has 14 heavy (non-hydrogen) atoms. The van der Waals surface area contributed by atoms with Crippen molar-refractivity contribution in [3.63, 3.8) is 0 Å².